The zero-order chi connectivity index (χ0) is 13.7. The quantitative estimate of drug-likeness (QED) is 0.824. The van der Waals surface area contributed by atoms with Crippen LogP contribution in [0.15, 0.2) is 30.3 Å². The second-order valence-corrected chi connectivity index (χ2v) is 4.64. The second kappa shape index (κ2) is 6.22. The number of hydrogen-bond acceptors (Lipinski definition) is 3. The highest BCUT2D eigenvalue weighted by Gasteiger charge is 2.31. The molecule has 1 aromatic carbocycles. The molecule has 19 heavy (non-hydrogen) atoms. The van der Waals surface area contributed by atoms with Crippen molar-refractivity contribution in [2.75, 3.05) is 13.1 Å². The third-order valence-electron chi connectivity index (χ3n) is 3.18. The van der Waals surface area contributed by atoms with E-state index in [0.29, 0.717) is 13.1 Å². The molecule has 2 rings (SSSR count). The molecular weight excluding hydrogens is 246 g/mol. The van der Waals surface area contributed by atoms with Crippen molar-refractivity contribution < 1.29 is 19.4 Å². The largest absolute Gasteiger partial charge is 0.506 e. The van der Waals surface area contributed by atoms with Crippen molar-refractivity contribution >= 4 is 12.1 Å². The van der Waals surface area contributed by atoms with E-state index in [1.54, 1.807) is 4.90 Å². The Bertz CT molecular complexity index is 446. The first-order chi connectivity index (χ1) is 9.15. The third-order valence-corrected chi connectivity index (χ3v) is 3.18. The predicted molar refractivity (Wildman–Crippen MR) is 68.9 cm³/mol. The molecule has 1 amide bonds. The molecule has 0 radical (unpaired) electrons. The summed E-state index contributed by atoms with van der Waals surface area (Å²) in [7, 11) is 0. The van der Waals surface area contributed by atoms with Crippen molar-refractivity contribution in [1.29, 1.82) is 0 Å². The summed E-state index contributed by atoms with van der Waals surface area (Å²) in [4.78, 5) is 23.8. The van der Waals surface area contributed by atoms with Crippen LogP contribution in [0.2, 0.25) is 0 Å². The number of benzene rings is 1. The molecule has 0 aromatic heterocycles. The summed E-state index contributed by atoms with van der Waals surface area (Å²) >= 11 is 0. The molecular formula is C14H17NO4. The van der Waals surface area contributed by atoms with Crippen LogP contribution in [0.1, 0.15) is 18.4 Å². The van der Waals surface area contributed by atoms with E-state index in [9.17, 15) is 9.59 Å². The monoisotopic (exact) mass is 263 g/mol. The van der Waals surface area contributed by atoms with Gasteiger partial charge in [0, 0.05) is 6.54 Å². The van der Waals surface area contributed by atoms with Gasteiger partial charge in [0.05, 0.1) is 13.0 Å². The zero-order valence-electron chi connectivity index (χ0n) is 10.6. The molecule has 1 atom stereocenters. The number of likely N-dealkylation sites (tertiary alicyclic amines) is 1. The Morgan fingerprint density at radius 1 is 1.37 bits per heavy atom. The van der Waals surface area contributed by atoms with Crippen LogP contribution in [0.5, 0.6) is 0 Å². The minimum atomic E-state index is -1.32. The predicted octanol–water partition coefficient (Wildman–Crippen LogP) is 1.91. The Morgan fingerprint density at radius 3 is 2.79 bits per heavy atom. The van der Waals surface area contributed by atoms with E-state index in [0.717, 1.165) is 12.8 Å². The van der Waals surface area contributed by atoms with E-state index in [1.165, 1.54) is 5.56 Å². The maximum absolute atomic E-state index is 11.7. The van der Waals surface area contributed by atoms with Crippen LogP contribution < -0.4 is 0 Å². The van der Waals surface area contributed by atoms with Crippen molar-refractivity contribution in [3.8, 4) is 0 Å². The average molecular weight is 263 g/mol. The summed E-state index contributed by atoms with van der Waals surface area (Å²) in [6.45, 7) is 1.02. The molecule has 5 nitrogen and oxygen atoms in total. The number of carbonyl (C=O) groups is 2. The van der Waals surface area contributed by atoms with Gasteiger partial charge in [0.25, 0.3) is 0 Å². The summed E-state index contributed by atoms with van der Waals surface area (Å²) in [5, 5.41) is 8.52. The van der Waals surface area contributed by atoms with Gasteiger partial charge in [-0.3, -0.25) is 4.79 Å². The molecule has 0 bridgehead atoms. The number of aryl methyl sites for hydroxylation is 1. The fraction of sp³-hybridized carbons (Fsp3) is 0.429. The SMILES string of the molecule is O=C(O)OC1CC(=O)N(CCCc2ccccc2)C1. The van der Waals surface area contributed by atoms with Gasteiger partial charge in [0.2, 0.25) is 5.91 Å². The summed E-state index contributed by atoms with van der Waals surface area (Å²) in [6.07, 6.45) is 0.119. The first-order valence-corrected chi connectivity index (χ1v) is 6.36. The van der Waals surface area contributed by atoms with Crippen LogP contribution >= 0.6 is 0 Å². The zero-order valence-corrected chi connectivity index (χ0v) is 10.6. The summed E-state index contributed by atoms with van der Waals surface area (Å²) in [5.74, 6) is -0.0284. The number of amides is 1. The van der Waals surface area contributed by atoms with Gasteiger partial charge in [-0.2, -0.15) is 0 Å². The number of hydrogen-bond donors (Lipinski definition) is 1. The van der Waals surface area contributed by atoms with Crippen LogP contribution in [0.3, 0.4) is 0 Å². The molecule has 0 spiro atoms. The Balaban J connectivity index is 1.74. The summed E-state index contributed by atoms with van der Waals surface area (Å²) in [6, 6.07) is 10.1. The average Bonchev–Trinajstić information content (AvgIpc) is 2.70. The first kappa shape index (κ1) is 13.4. The van der Waals surface area contributed by atoms with E-state index in [2.05, 4.69) is 16.9 Å². The molecule has 102 valence electrons. The smallest absolute Gasteiger partial charge is 0.450 e. The lowest BCUT2D eigenvalue weighted by atomic mass is 10.1. The van der Waals surface area contributed by atoms with Crippen molar-refractivity contribution in [1.82, 2.24) is 4.90 Å². The van der Waals surface area contributed by atoms with Gasteiger partial charge in [0.15, 0.2) is 0 Å². The molecule has 1 aliphatic heterocycles. The Hall–Kier alpha value is -2.04. The molecule has 1 unspecified atom stereocenters. The van der Waals surface area contributed by atoms with E-state index in [4.69, 9.17) is 5.11 Å². The summed E-state index contributed by atoms with van der Waals surface area (Å²) < 4.78 is 4.63. The topological polar surface area (TPSA) is 66.8 Å². The van der Waals surface area contributed by atoms with Gasteiger partial charge in [-0.25, -0.2) is 4.79 Å². The fourth-order valence-electron chi connectivity index (χ4n) is 2.29. The molecule has 1 heterocycles. The standard InChI is InChI=1S/C14H17NO4/c16-13-9-12(19-14(17)18)10-15(13)8-4-7-11-5-2-1-3-6-11/h1-3,5-6,12H,4,7-10H2,(H,17,18). The van der Waals surface area contributed by atoms with Crippen LogP contribution in [-0.4, -0.2) is 41.3 Å². The number of nitrogens with zero attached hydrogens (tertiary/aromatic N) is 1. The molecule has 1 fully saturated rings. The number of rotatable bonds is 5. The number of carbonyl (C=O) groups excluding carboxylic acids is 1. The lowest BCUT2D eigenvalue weighted by Crippen LogP contribution is -2.28. The minimum absolute atomic E-state index is 0.0284. The maximum Gasteiger partial charge on any atom is 0.506 e. The van der Waals surface area contributed by atoms with E-state index < -0.39 is 12.3 Å². The highest BCUT2D eigenvalue weighted by molar-refractivity contribution is 5.79. The lowest BCUT2D eigenvalue weighted by molar-refractivity contribution is -0.127. The van der Waals surface area contributed by atoms with Crippen LogP contribution in [0.25, 0.3) is 0 Å². The van der Waals surface area contributed by atoms with Crippen LogP contribution in [0.4, 0.5) is 4.79 Å². The Morgan fingerprint density at radius 2 is 2.11 bits per heavy atom. The van der Waals surface area contributed by atoms with Crippen LogP contribution in [0, 0.1) is 0 Å². The van der Waals surface area contributed by atoms with Gasteiger partial charge in [-0.05, 0) is 18.4 Å². The molecule has 1 saturated heterocycles. The fourth-order valence-corrected chi connectivity index (χ4v) is 2.29. The van der Waals surface area contributed by atoms with Crippen molar-refractivity contribution in [3.63, 3.8) is 0 Å². The Labute approximate surface area is 111 Å². The van der Waals surface area contributed by atoms with Crippen molar-refractivity contribution in [2.24, 2.45) is 0 Å². The molecule has 1 aliphatic rings. The molecule has 5 heteroatoms. The van der Waals surface area contributed by atoms with E-state index >= 15 is 0 Å². The lowest BCUT2D eigenvalue weighted by Gasteiger charge is -2.16. The second-order valence-electron chi connectivity index (χ2n) is 4.64. The molecule has 0 saturated carbocycles. The van der Waals surface area contributed by atoms with Gasteiger partial charge in [-0.15, -0.1) is 0 Å². The van der Waals surface area contributed by atoms with Crippen molar-refractivity contribution in [3.05, 3.63) is 35.9 Å². The van der Waals surface area contributed by atoms with Gasteiger partial charge in [0.1, 0.15) is 6.10 Å². The minimum Gasteiger partial charge on any atom is -0.450 e. The number of carboxylic acid groups (broad SMARTS) is 1. The third kappa shape index (κ3) is 3.98. The van der Waals surface area contributed by atoms with Gasteiger partial charge >= 0.3 is 6.16 Å². The van der Waals surface area contributed by atoms with E-state index in [-0.39, 0.29) is 12.3 Å². The number of ether oxygens (including phenoxy) is 1. The van der Waals surface area contributed by atoms with Crippen LogP contribution in [-0.2, 0) is 16.0 Å². The van der Waals surface area contributed by atoms with Gasteiger partial charge < -0.3 is 14.7 Å². The van der Waals surface area contributed by atoms with Crippen molar-refractivity contribution in [2.45, 2.75) is 25.4 Å². The Kier molecular flexibility index (Phi) is 4.39. The molecule has 1 N–H and O–H groups in total. The van der Waals surface area contributed by atoms with Gasteiger partial charge in [-0.1, -0.05) is 30.3 Å². The first-order valence-electron chi connectivity index (χ1n) is 6.36. The molecule has 0 aliphatic carbocycles. The highest BCUT2D eigenvalue weighted by atomic mass is 16.7. The maximum atomic E-state index is 11.7. The van der Waals surface area contributed by atoms with E-state index in [1.807, 2.05) is 18.2 Å². The normalized spacial score (nSPS) is 18.6. The highest BCUT2D eigenvalue weighted by Crippen LogP contribution is 2.15. The summed E-state index contributed by atoms with van der Waals surface area (Å²) in [5.41, 5.74) is 1.24. The molecule has 1 aromatic rings.